The van der Waals surface area contributed by atoms with E-state index in [0.717, 1.165) is 57.1 Å². The number of aromatic nitrogens is 1. The van der Waals surface area contributed by atoms with Crippen LogP contribution in [-0.2, 0) is 20.9 Å². The van der Waals surface area contributed by atoms with E-state index in [0.29, 0.717) is 31.2 Å². The highest BCUT2D eigenvalue weighted by Gasteiger charge is 2.37. The van der Waals surface area contributed by atoms with E-state index in [2.05, 4.69) is 4.98 Å². The molecule has 2 aliphatic carbocycles. The van der Waals surface area contributed by atoms with E-state index in [1.807, 2.05) is 19.2 Å². The van der Waals surface area contributed by atoms with Crippen LogP contribution in [0.3, 0.4) is 0 Å². The van der Waals surface area contributed by atoms with E-state index in [4.69, 9.17) is 0 Å². The molecule has 1 heterocycles. The second-order valence-electron chi connectivity index (χ2n) is 13.6. The van der Waals surface area contributed by atoms with Crippen molar-refractivity contribution in [3.05, 3.63) is 16.6 Å². The molecule has 10 heteroatoms. The minimum absolute atomic E-state index is 0.000614. The smallest absolute Gasteiger partial charge is 0.241 e. The van der Waals surface area contributed by atoms with Crippen molar-refractivity contribution in [2.75, 3.05) is 27.2 Å². The molecule has 2 N–H and O–H groups in total. The van der Waals surface area contributed by atoms with Crippen LogP contribution in [0.2, 0.25) is 0 Å². The van der Waals surface area contributed by atoms with Crippen molar-refractivity contribution in [3.63, 3.8) is 0 Å². The number of thiazole rings is 1. The highest BCUT2D eigenvalue weighted by Crippen LogP contribution is 2.32. The van der Waals surface area contributed by atoms with Gasteiger partial charge in [-0.3, -0.25) is 14.4 Å². The van der Waals surface area contributed by atoms with Crippen LogP contribution in [-0.4, -0.2) is 93.1 Å². The molecule has 0 aliphatic heterocycles. The maximum absolute atomic E-state index is 14.0. The first-order chi connectivity index (χ1) is 20.5. The Kier molecular flexibility index (Phi) is 14.9. The van der Waals surface area contributed by atoms with E-state index in [1.54, 1.807) is 29.4 Å². The number of nitrogens with zero attached hydrogens (tertiary/aromatic N) is 4. The maximum atomic E-state index is 14.0. The summed E-state index contributed by atoms with van der Waals surface area (Å²) < 4.78 is 0. The lowest BCUT2D eigenvalue weighted by atomic mass is 9.81. The number of amides is 3. The van der Waals surface area contributed by atoms with Crippen molar-refractivity contribution in [2.45, 2.75) is 129 Å². The number of rotatable bonds is 16. The Hall–Kier alpha value is -2.04. The maximum Gasteiger partial charge on any atom is 0.241 e. The van der Waals surface area contributed by atoms with Gasteiger partial charge >= 0.3 is 0 Å². The van der Waals surface area contributed by atoms with Crippen molar-refractivity contribution >= 4 is 29.1 Å². The average molecular weight is 621 g/mol. The summed E-state index contributed by atoms with van der Waals surface area (Å²) in [6, 6.07) is -0.574. The van der Waals surface area contributed by atoms with Gasteiger partial charge < -0.3 is 24.9 Å². The summed E-state index contributed by atoms with van der Waals surface area (Å²) in [5.41, 5.74) is 2.46. The number of aliphatic hydroxyl groups excluding tert-OH is 2. The van der Waals surface area contributed by atoms with E-state index >= 15 is 0 Å². The van der Waals surface area contributed by atoms with Gasteiger partial charge in [0.25, 0.3) is 0 Å². The predicted molar refractivity (Wildman–Crippen MR) is 170 cm³/mol. The predicted octanol–water partition coefficient (Wildman–Crippen LogP) is 4.86. The number of likely N-dealkylation sites (N-methyl/N-ethyl adjacent to an activating group) is 1. The number of aliphatic hydroxyl groups is 2. The minimum Gasteiger partial charge on any atom is -0.390 e. The zero-order chi connectivity index (χ0) is 31.4. The first-order valence-electron chi connectivity index (χ1n) is 16.6. The molecule has 0 radical (unpaired) electrons. The summed E-state index contributed by atoms with van der Waals surface area (Å²) in [4.78, 5) is 49.4. The second kappa shape index (κ2) is 18.1. The number of hydrogen-bond donors (Lipinski definition) is 2. The van der Waals surface area contributed by atoms with Crippen LogP contribution >= 0.6 is 11.3 Å². The van der Waals surface area contributed by atoms with Crippen LogP contribution in [0.1, 0.15) is 109 Å². The molecule has 0 spiro atoms. The largest absolute Gasteiger partial charge is 0.390 e. The molecule has 3 amide bonds. The van der Waals surface area contributed by atoms with Crippen molar-refractivity contribution in [3.8, 4) is 0 Å². The lowest BCUT2D eigenvalue weighted by Gasteiger charge is -2.39. The Bertz CT molecular complexity index is 976. The Labute approximate surface area is 263 Å². The quantitative estimate of drug-likeness (QED) is 0.273. The van der Waals surface area contributed by atoms with E-state index < -0.39 is 18.2 Å². The van der Waals surface area contributed by atoms with E-state index in [1.165, 1.54) is 29.1 Å². The Morgan fingerprint density at radius 2 is 1.51 bits per heavy atom. The summed E-state index contributed by atoms with van der Waals surface area (Å²) in [6.07, 6.45) is 10.2. The molecule has 2 fully saturated rings. The molecule has 244 valence electrons. The van der Waals surface area contributed by atoms with Crippen LogP contribution in [0.5, 0.6) is 0 Å². The second-order valence-corrected chi connectivity index (χ2v) is 14.3. The number of hydrogen-bond acceptors (Lipinski definition) is 7. The van der Waals surface area contributed by atoms with Gasteiger partial charge in [0.15, 0.2) is 0 Å². The average Bonchev–Trinajstić information content (AvgIpc) is 3.50. The normalized spacial score (nSPS) is 18.7. The molecular weight excluding hydrogens is 564 g/mol. The Morgan fingerprint density at radius 3 is 2.07 bits per heavy atom. The molecule has 2 aliphatic rings. The molecule has 0 saturated heterocycles. The third-order valence-corrected chi connectivity index (χ3v) is 9.91. The lowest BCUT2D eigenvalue weighted by molar-refractivity contribution is -0.145. The number of carbonyl (C=O) groups is 3. The molecule has 9 nitrogen and oxygen atoms in total. The van der Waals surface area contributed by atoms with Crippen LogP contribution in [0.15, 0.2) is 10.9 Å². The zero-order valence-electron chi connectivity index (χ0n) is 27.0. The molecule has 1 aromatic rings. The van der Waals surface area contributed by atoms with Gasteiger partial charge in [-0.15, -0.1) is 11.3 Å². The molecule has 0 unspecified atom stereocenters. The van der Waals surface area contributed by atoms with Crippen LogP contribution < -0.4 is 0 Å². The third-order valence-electron chi connectivity index (χ3n) is 9.27. The van der Waals surface area contributed by atoms with E-state index in [9.17, 15) is 24.6 Å². The summed E-state index contributed by atoms with van der Waals surface area (Å²) in [7, 11) is 3.38. The van der Waals surface area contributed by atoms with Crippen molar-refractivity contribution in [1.29, 1.82) is 0 Å². The summed E-state index contributed by atoms with van der Waals surface area (Å²) >= 11 is 1.45. The summed E-state index contributed by atoms with van der Waals surface area (Å²) in [5.74, 6) is 0.397. The molecule has 1 aromatic heterocycles. The molecule has 43 heavy (non-hydrogen) atoms. The zero-order valence-corrected chi connectivity index (χ0v) is 27.8. The van der Waals surface area contributed by atoms with E-state index in [-0.39, 0.29) is 49.6 Å². The minimum atomic E-state index is -1.09. The molecule has 3 atom stereocenters. The van der Waals surface area contributed by atoms with Gasteiger partial charge in [0.1, 0.15) is 6.10 Å². The number of carbonyl (C=O) groups excluding carboxylic acids is 3. The van der Waals surface area contributed by atoms with Crippen molar-refractivity contribution in [2.24, 2.45) is 17.8 Å². The fourth-order valence-electron chi connectivity index (χ4n) is 6.73. The first-order valence-corrected chi connectivity index (χ1v) is 17.5. The highest BCUT2D eigenvalue weighted by atomic mass is 32.1. The van der Waals surface area contributed by atoms with Crippen LogP contribution in [0.4, 0.5) is 0 Å². The molecule has 2 saturated carbocycles. The standard InChI is InChI=1S/C33H56N4O5S/c1-24(2)17-29(38)33(42)28(18-25-11-7-5-8-12-25)37(20-27-22-43-23-34-27)31(40)16-15-30(39)36(21-32(41)35(3)4)19-26-13-9-6-10-14-26/h22-26,28-29,33,38,42H,5-21H2,1-4H3/t28-,29-,33+/m0/s1. The van der Waals surface area contributed by atoms with Gasteiger partial charge in [0.05, 0.1) is 36.4 Å². The van der Waals surface area contributed by atoms with Crippen LogP contribution in [0.25, 0.3) is 0 Å². The Balaban J connectivity index is 1.79. The first kappa shape index (κ1) is 35.4. The fraction of sp³-hybridized carbons (Fsp3) is 0.818. The SMILES string of the molecule is CC(C)C[C@H](O)[C@H](O)[C@H](CC1CCCCC1)N(Cc1cscn1)C(=O)CCC(=O)N(CC(=O)N(C)C)CC1CCCCC1. The van der Waals surface area contributed by atoms with Gasteiger partial charge in [-0.1, -0.05) is 65.2 Å². The topological polar surface area (TPSA) is 114 Å². The fourth-order valence-corrected chi connectivity index (χ4v) is 7.28. The molecule has 0 bridgehead atoms. The molecule has 0 aromatic carbocycles. The van der Waals surface area contributed by atoms with Gasteiger partial charge in [0, 0.05) is 38.9 Å². The van der Waals surface area contributed by atoms with Gasteiger partial charge in [-0.25, -0.2) is 4.98 Å². The van der Waals surface area contributed by atoms with Crippen molar-refractivity contribution in [1.82, 2.24) is 19.7 Å². The highest BCUT2D eigenvalue weighted by molar-refractivity contribution is 7.07. The van der Waals surface area contributed by atoms with Gasteiger partial charge in [0.2, 0.25) is 17.7 Å². The van der Waals surface area contributed by atoms with Crippen molar-refractivity contribution < 1.29 is 24.6 Å². The molecular formula is C33H56N4O5S. The van der Waals surface area contributed by atoms with Gasteiger partial charge in [-0.05, 0) is 43.4 Å². The summed E-state index contributed by atoms with van der Waals surface area (Å²) in [6.45, 7) is 4.80. The molecule has 3 rings (SSSR count). The summed E-state index contributed by atoms with van der Waals surface area (Å²) in [5, 5.41) is 24.4. The third kappa shape index (κ3) is 11.8. The van der Waals surface area contributed by atoms with Crippen LogP contribution in [0, 0.1) is 17.8 Å². The monoisotopic (exact) mass is 620 g/mol. The lowest BCUT2D eigenvalue weighted by Crippen LogP contribution is -2.52. The van der Waals surface area contributed by atoms with Gasteiger partial charge in [-0.2, -0.15) is 0 Å². The Morgan fingerprint density at radius 1 is 0.907 bits per heavy atom.